The van der Waals surface area contributed by atoms with E-state index in [9.17, 15) is 14.4 Å². The van der Waals surface area contributed by atoms with Crippen molar-refractivity contribution in [2.45, 2.75) is 19.9 Å². The van der Waals surface area contributed by atoms with Crippen LogP contribution in [-0.2, 0) is 9.59 Å². The molecular weight excluding hydrogens is 383 g/mol. The SMILES string of the molecule is CC(C)N1CCN(CC(=O)c2ccc(I)cc2)C(=O)C1=O. The molecule has 0 spiro atoms. The van der Waals surface area contributed by atoms with Crippen molar-refractivity contribution >= 4 is 40.2 Å². The predicted molar refractivity (Wildman–Crippen MR) is 86.9 cm³/mol. The molecule has 2 amide bonds. The van der Waals surface area contributed by atoms with Gasteiger partial charge in [0, 0.05) is 28.3 Å². The number of rotatable bonds is 4. The summed E-state index contributed by atoms with van der Waals surface area (Å²) in [7, 11) is 0. The van der Waals surface area contributed by atoms with Crippen LogP contribution in [0.3, 0.4) is 0 Å². The Morgan fingerprint density at radius 2 is 1.76 bits per heavy atom. The van der Waals surface area contributed by atoms with Gasteiger partial charge in [-0.1, -0.05) is 12.1 Å². The number of nitrogens with zero attached hydrogens (tertiary/aromatic N) is 2. The molecule has 0 aliphatic carbocycles. The Bertz CT molecular complexity index is 569. The molecule has 1 heterocycles. The summed E-state index contributed by atoms with van der Waals surface area (Å²) < 4.78 is 1.04. The predicted octanol–water partition coefficient (Wildman–Crippen LogP) is 1.55. The number of carbonyl (C=O) groups excluding carboxylic acids is 3. The fourth-order valence-corrected chi connectivity index (χ4v) is 2.59. The largest absolute Gasteiger partial charge is 0.330 e. The smallest absolute Gasteiger partial charge is 0.312 e. The normalized spacial score (nSPS) is 15.8. The minimum atomic E-state index is -0.589. The molecule has 0 saturated carbocycles. The van der Waals surface area contributed by atoms with Gasteiger partial charge in [-0.05, 0) is 48.6 Å². The quantitative estimate of drug-likeness (QED) is 0.438. The number of Topliss-reactive ketones (excluding diaryl/α,β-unsaturated/α-hetero) is 1. The van der Waals surface area contributed by atoms with Crippen molar-refractivity contribution in [3.63, 3.8) is 0 Å². The number of halogens is 1. The maximum atomic E-state index is 12.2. The first kappa shape index (κ1) is 15.9. The number of piperazine rings is 1. The lowest BCUT2D eigenvalue weighted by molar-refractivity contribution is -0.156. The second-order valence-corrected chi connectivity index (χ2v) is 6.49. The number of benzene rings is 1. The zero-order valence-corrected chi connectivity index (χ0v) is 14.2. The van der Waals surface area contributed by atoms with Crippen molar-refractivity contribution in [3.8, 4) is 0 Å². The number of ketones is 1. The van der Waals surface area contributed by atoms with Gasteiger partial charge in [-0.15, -0.1) is 0 Å². The van der Waals surface area contributed by atoms with E-state index in [1.54, 1.807) is 12.1 Å². The van der Waals surface area contributed by atoms with Crippen molar-refractivity contribution in [2.24, 2.45) is 0 Å². The molecule has 21 heavy (non-hydrogen) atoms. The van der Waals surface area contributed by atoms with Crippen LogP contribution in [0.1, 0.15) is 24.2 Å². The molecule has 1 fully saturated rings. The second kappa shape index (κ2) is 6.55. The lowest BCUT2D eigenvalue weighted by Crippen LogP contribution is -2.57. The van der Waals surface area contributed by atoms with Gasteiger partial charge >= 0.3 is 11.8 Å². The van der Waals surface area contributed by atoms with Crippen LogP contribution in [0.5, 0.6) is 0 Å². The first-order valence-corrected chi connectivity index (χ1v) is 7.86. The molecule has 0 N–H and O–H groups in total. The number of hydrogen-bond donors (Lipinski definition) is 0. The molecule has 1 aliphatic heterocycles. The van der Waals surface area contributed by atoms with Gasteiger partial charge in [0.2, 0.25) is 0 Å². The molecule has 0 radical (unpaired) electrons. The van der Waals surface area contributed by atoms with E-state index in [0.29, 0.717) is 18.7 Å². The molecule has 112 valence electrons. The van der Waals surface area contributed by atoms with Crippen LogP contribution in [0.2, 0.25) is 0 Å². The van der Waals surface area contributed by atoms with Gasteiger partial charge in [0.25, 0.3) is 0 Å². The highest BCUT2D eigenvalue weighted by Gasteiger charge is 2.34. The molecule has 6 heteroatoms. The average molecular weight is 400 g/mol. The van der Waals surface area contributed by atoms with Crippen LogP contribution < -0.4 is 0 Å². The Morgan fingerprint density at radius 1 is 1.14 bits per heavy atom. The standard InChI is InChI=1S/C15H17IN2O3/c1-10(2)18-8-7-17(14(20)15(18)21)9-13(19)11-3-5-12(16)6-4-11/h3-6,10H,7-9H2,1-2H3. The first-order valence-electron chi connectivity index (χ1n) is 6.79. The Balaban J connectivity index is 2.04. The van der Waals surface area contributed by atoms with Crippen molar-refractivity contribution < 1.29 is 14.4 Å². The van der Waals surface area contributed by atoms with Gasteiger partial charge in [-0.25, -0.2) is 0 Å². The summed E-state index contributed by atoms with van der Waals surface area (Å²) in [6.45, 7) is 4.58. The average Bonchev–Trinajstić information content (AvgIpc) is 2.44. The van der Waals surface area contributed by atoms with Crippen LogP contribution in [0.15, 0.2) is 24.3 Å². The Kier molecular flexibility index (Phi) is 4.97. The highest BCUT2D eigenvalue weighted by molar-refractivity contribution is 14.1. The van der Waals surface area contributed by atoms with Gasteiger partial charge < -0.3 is 9.80 Å². The van der Waals surface area contributed by atoms with Crippen LogP contribution in [0.4, 0.5) is 0 Å². The van der Waals surface area contributed by atoms with E-state index < -0.39 is 11.8 Å². The highest BCUT2D eigenvalue weighted by atomic mass is 127. The number of amides is 2. The molecule has 1 aromatic rings. The van der Waals surface area contributed by atoms with E-state index in [2.05, 4.69) is 22.6 Å². The molecule has 1 saturated heterocycles. The van der Waals surface area contributed by atoms with Crippen molar-refractivity contribution in [2.75, 3.05) is 19.6 Å². The van der Waals surface area contributed by atoms with E-state index >= 15 is 0 Å². The third-order valence-corrected chi connectivity index (χ3v) is 4.19. The summed E-state index contributed by atoms with van der Waals surface area (Å²) in [4.78, 5) is 39.0. The molecule has 0 atom stereocenters. The monoisotopic (exact) mass is 400 g/mol. The molecule has 2 rings (SSSR count). The molecular formula is C15H17IN2O3. The van der Waals surface area contributed by atoms with Gasteiger partial charge in [0.05, 0.1) is 6.54 Å². The summed E-state index contributed by atoms with van der Waals surface area (Å²) >= 11 is 2.16. The summed E-state index contributed by atoms with van der Waals surface area (Å²) in [5.74, 6) is -1.26. The lowest BCUT2D eigenvalue weighted by atomic mass is 10.1. The lowest BCUT2D eigenvalue weighted by Gasteiger charge is -2.35. The zero-order valence-electron chi connectivity index (χ0n) is 12.0. The molecule has 0 aromatic heterocycles. The Morgan fingerprint density at radius 3 is 2.33 bits per heavy atom. The second-order valence-electron chi connectivity index (χ2n) is 5.25. The Labute approximate surface area is 137 Å². The third-order valence-electron chi connectivity index (χ3n) is 3.47. The molecule has 0 unspecified atom stereocenters. The maximum absolute atomic E-state index is 12.2. The maximum Gasteiger partial charge on any atom is 0.312 e. The highest BCUT2D eigenvalue weighted by Crippen LogP contribution is 2.12. The van der Waals surface area contributed by atoms with Crippen molar-refractivity contribution in [3.05, 3.63) is 33.4 Å². The number of carbonyl (C=O) groups is 3. The fraction of sp³-hybridized carbons (Fsp3) is 0.400. The van der Waals surface area contributed by atoms with E-state index in [0.717, 1.165) is 3.57 Å². The molecule has 0 bridgehead atoms. The van der Waals surface area contributed by atoms with Crippen LogP contribution in [-0.4, -0.2) is 53.1 Å². The van der Waals surface area contributed by atoms with E-state index in [1.807, 2.05) is 26.0 Å². The topological polar surface area (TPSA) is 57.7 Å². The van der Waals surface area contributed by atoms with Crippen molar-refractivity contribution in [1.82, 2.24) is 9.80 Å². The van der Waals surface area contributed by atoms with Crippen molar-refractivity contribution in [1.29, 1.82) is 0 Å². The van der Waals surface area contributed by atoms with E-state index in [4.69, 9.17) is 0 Å². The molecule has 5 nitrogen and oxygen atoms in total. The van der Waals surface area contributed by atoms with Gasteiger partial charge in [-0.2, -0.15) is 0 Å². The fourth-order valence-electron chi connectivity index (χ4n) is 2.23. The zero-order chi connectivity index (χ0) is 15.6. The van der Waals surface area contributed by atoms with E-state index in [1.165, 1.54) is 9.80 Å². The van der Waals surface area contributed by atoms with Gasteiger partial charge in [0.15, 0.2) is 5.78 Å². The first-order chi connectivity index (χ1) is 9.90. The van der Waals surface area contributed by atoms with Gasteiger partial charge in [0.1, 0.15) is 0 Å². The van der Waals surface area contributed by atoms with Crippen LogP contribution >= 0.6 is 22.6 Å². The van der Waals surface area contributed by atoms with E-state index in [-0.39, 0.29) is 18.4 Å². The minimum absolute atomic E-state index is 0.00417. The summed E-state index contributed by atoms with van der Waals surface area (Å²) in [5.41, 5.74) is 0.557. The Hall–Kier alpha value is -1.44. The summed E-state index contributed by atoms with van der Waals surface area (Å²) in [6.07, 6.45) is 0. The minimum Gasteiger partial charge on any atom is -0.330 e. The third kappa shape index (κ3) is 3.61. The van der Waals surface area contributed by atoms with Gasteiger partial charge in [-0.3, -0.25) is 14.4 Å². The molecule has 1 aliphatic rings. The number of hydrogen-bond acceptors (Lipinski definition) is 3. The molecule has 1 aromatic carbocycles. The van der Waals surface area contributed by atoms with Crippen LogP contribution in [0, 0.1) is 3.57 Å². The summed E-state index contributed by atoms with van der Waals surface area (Å²) in [5, 5.41) is 0. The summed E-state index contributed by atoms with van der Waals surface area (Å²) in [6, 6.07) is 7.16. The van der Waals surface area contributed by atoms with Crippen LogP contribution in [0.25, 0.3) is 0 Å².